The number of benzene rings is 2. The van der Waals surface area contributed by atoms with Crippen molar-refractivity contribution in [3.05, 3.63) is 75.2 Å². The van der Waals surface area contributed by atoms with Crippen molar-refractivity contribution in [2.45, 2.75) is 27.7 Å². The number of hydrogen-bond acceptors (Lipinski definition) is 6. The van der Waals surface area contributed by atoms with Crippen LogP contribution in [0.4, 0.5) is 21.8 Å². The maximum absolute atomic E-state index is 14.6. The lowest BCUT2D eigenvalue weighted by atomic mass is 10.0. The molecule has 4 rings (SSSR count). The van der Waals surface area contributed by atoms with Crippen LogP contribution in [0.25, 0.3) is 11.1 Å². The number of hydrogen-bond donors (Lipinski definition) is 2. The zero-order chi connectivity index (χ0) is 20.7. The highest BCUT2D eigenvalue weighted by molar-refractivity contribution is 5.73. The number of nitrogens with one attached hydrogen (secondary N) is 2. The molecule has 0 radical (unpaired) electrons. The van der Waals surface area contributed by atoms with Crippen LogP contribution < -0.4 is 16.5 Å². The lowest BCUT2D eigenvalue weighted by Crippen LogP contribution is -2.23. The molecule has 0 aliphatic rings. The molecule has 0 bridgehead atoms. The van der Waals surface area contributed by atoms with Gasteiger partial charge < -0.3 is 9.73 Å². The van der Waals surface area contributed by atoms with E-state index in [-0.39, 0.29) is 11.8 Å². The van der Waals surface area contributed by atoms with E-state index < -0.39 is 5.76 Å². The highest BCUT2D eigenvalue weighted by atomic mass is 19.1. The van der Waals surface area contributed by atoms with Gasteiger partial charge >= 0.3 is 5.76 Å². The van der Waals surface area contributed by atoms with Crippen LogP contribution in [0.5, 0.6) is 0 Å². The third-order valence-electron chi connectivity index (χ3n) is 5.00. The van der Waals surface area contributed by atoms with Crippen molar-refractivity contribution < 1.29 is 8.81 Å². The Balaban J connectivity index is 1.70. The number of fused-ring (bicyclic) bond motifs is 1. The van der Waals surface area contributed by atoms with Crippen molar-refractivity contribution in [3.8, 4) is 0 Å². The van der Waals surface area contributed by atoms with Crippen molar-refractivity contribution in [1.29, 1.82) is 0 Å². The Morgan fingerprint density at radius 3 is 2.62 bits per heavy atom. The second-order valence-electron chi connectivity index (χ2n) is 6.94. The van der Waals surface area contributed by atoms with E-state index in [9.17, 15) is 9.18 Å². The number of para-hydroxylation sites is 2. The molecule has 2 aromatic heterocycles. The minimum absolute atomic E-state index is 0.209. The molecular formula is C21H20FN5O2. The molecule has 2 aromatic carbocycles. The van der Waals surface area contributed by atoms with Crippen LogP contribution in [0.1, 0.15) is 22.3 Å². The van der Waals surface area contributed by atoms with E-state index in [0.717, 1.165) is 11.1 Å². The molecule has 2 N–H and O–H groups in total. The summed E-state index contributed by atoms with van der Waals surface area (Å²) in [6, 6.07) is 8.78. The summed E-state index contributed by atoms with van der Waals surface area (Å²) >= 11 is 0. The van der Waals surface area contributed by atoms with Gasteiger partial charge in [0.2, 0.25) is 5.95 Å². The predicted octanol–water partition coefficient (Wildman–Crippen LogP) is 4.38. The van der Waals surface area contributed by atoms with Crippen LogP contribution in [0, 0.1) is 33.5 Å². The minimum Gasteiger partial charge on any atom is -0.406 e. The van der Waals surface area contributed by atoms with Crippen molar-refractivity contribution in [3.63, 3.8) is 0 Å². The van der Waals surface area contributed by atoms with Gasteiger partial charge in [0, 0.05) is 11.8 Å². The smallest absolute Gasteiger partial charge is 0.406 e. The van der Waals surface area contributed by atoms with Crippen molar-refractivity contribution in [1.82, 2.24) is 14.6 Å². The molecule has 2 heterocycles. The van der Waals surface area contributed by atoms with Gasteiger partial charge in [0.25, 0.3) is 0 Å². The summed E-state index contributed by atoms with van der Waals surface area (Å²) in [5.74, 6) is -0.295. The Labute approximate surface area is 166 Å². The lowest BCUT2D eigenvalue weighted by molar-refractivity contribution is 0.532. The summed E-state index contributed by atoms with van der Waals surface area (Å²) in [7, 11) is 0. The van der Waals surface area contributed by atoms with Gasteiger partial charge in [-0.15, -0.1) is 0 Å². The van der Waals surface area contributed by atoms with Gasteiger partial charge in [-0.05, 0) is 62.6 Å². The van der Waals surface area contributed by atoms with Crippen LogP contribution in [0.15, 0.2) is 45.7 Å². The molecule has 0 fully saturated rings. The highest BCUT2D eigenvalue weighted by Gasteiger charge is 2.14. The summed E-state index contributed by atoms with van der Waals surface area (Å²) < 4.78 is 21.1. The van der Waals surface area contributed by atoms with Crippen LogP contribution in [0.2, 0.25) is 0 Å². The number of nitrogens with zero attached hydrogens (tertiary/aromatic N) is 3. The fraction of sp³-hybridized carbons (Fsp3) is 0.190. The van der Waals surface area contributed by atoms with E-state index in [1.54, 1.807) is 50.4 Å². The lowest BCUT2D eigenvalue weighted by Gasteiger charge is -2.14. The largest absolute Gasteiger partial charge is 0.439 e. The number of rotatable bonds is 4. The maximum atomic E-state index is 14.6. The molecule has 0 atom stereocenters. The first-order valence-electron chi connectivity index (χ1n) is 9.09. The molecule has 0 saturated carbocycles. The molecule has 0 aliphatic heterocycles. The third-order valence-corrected chi connectivity index (χ3v) is 5.00. The van der Waals surface area contributed by atoms with E-state index in [0.29, 0.717) is 33.7 Å². The van der Waals surface area contributed by atoms with E-state index in [1.807, 2.05) is 13.8 Å². The molecule has 0 spiro atoms. The normalized spacial score (nSPS) is 11.1. The fourth-order valence-electron chi connectivity index (χ4n) is 3.06. The van der Waals surface area contributed by atoms with Crippen molar-refractivity contribution >= 4 is 28.6 Å². The molecule has 0 aliphatic carbocycles. The van der Waals surface area contributed by atoms with Crippen molar-refractivity contribution in [2.75, 3.05) is 10.7 Å². The molecule has 148 valence electrons. The maximum Gasteiger partial charge on any atom is 0.439 e. The Morgan fingerprint density at radius 1 is 1.07 bits per heavy atom. The average molecular weight is 393 g/mol. The predicted molar refractivity (Wildman–Crippen MR) is 110 cm³/mol. The Hall–Kier alpha value is -3.68. The average Bonchev–Trinajstić information content (AvgIpc) is 3.02. The molecule has 0 amide bonds. The summed E-state index contributed by atoms with van der Waals surface area (Å²) in [5, 5.41) is 2.93. The van der Waals surface area contributed by atoms with Gasteiger partial charge in [0.05, 0.1) is 5.69 Å². The standard InChI is InChI=1S/C21H20FN5O2/c1-11-9-15(18(22)14(4)13(11)3)24-20-23-10-12(2)19(25-20)26-27-16-7-5-6-8-17(16)29-21(27)28/h5-10H,1-4H3,(H2,23,24,25,26). The first-order chi connectivity index (χ1) is 13.8. The third kappa shape index (κ3) is 3.33. The molecule has 4 aromatic rings. The molecule has 0 saturated heterocycles. The molecule has 29 heavy (non-hydrogen) atoms. The van der Waals surface area contributed by atoms with E-state index in [1.165, 1.54) is 4.68 Å². The van der Waals surface area contributed by atoms with Gasteiger partial charge in [0.1, 0.15) is 11.3 Å². The SMILES string of the molecule is Cc1cnc(Nc2cc(C)c(C)c(C)c2F)nc1Nn1c(=O)oc2ccccc21. The van der Waals surface area contributed by atoms with Crippen LogP contribution in [-0.2, 0) is 0 Å². The zero-order valence-electron chi connectivity index (χ0n) is 16.5. The summed E-state index contributed by atoms with van der Waals surface area (Å²) in [6.07, 6.45) is 1.59. The van der Waals surface area contributed by atoms with E-state index in [4.69, 9.17) is 4.42 Å². The van der Waals surface area contributed by atoms with Gasteiger partial charge in [0.15, 0.2) is 11.4 Å². The van der Waals surface area contributed by atoms with Crippen LogP contribution in [-0.4, -0.2) is 14.6 Å². The second kappa shape index (κ2) is 7.05. The van der Waals surface area contributed by atoms with E-state index in [2.05, 4.69) is 20.7 Å². The van der Waals surface area contributed by atoms with Crippen LogP contribution >= 0.6 is 0 Å². The van der Waals surface area contributed by atoms with Gasteiger partial charge in [-0.1, -0.05) is 12.1 Å². The highest BCUT2D eigenvalue weighted by Crippen LogP contribution is 2.26. The molecular weight excluding hydrogens is 373 g/mol. The summed E-state index contributed by atoms with van der Waals surface area (Å²) in [4.78, 5) is 20.9. The van der Waals surface area contributed by atoms with Gasteiger partial charge in [-0.2, -0.15) is 9.66 Å². The number of aromatic nitrogens is 3. The van der Waals surface area contributed by atoms with Crippen LogP contribution in [0.3, 0.4) is 0 Å². The number of aryl methyl sites for hydroxylation is 2. The first kappa shape index (κ1) is 18.7. The Morgan fingerprint density at radius 2 is 1.83 bits per heavy atom. The Bertz CT molecular complexity index is 1290. The monoisotopic (exact) mass is 393 g/mol. The molecule has 7 nitrogen and oxygen atoms in total. The molecule has 0 unspecified atom stereocenters. The van der Waals surface area contributed by atoms with Gasteiger partial charge in [-0.25, -0.2) is 14.2 Å². The van der Waals surface area contributed by atoms with Gasteiger partial charge in [-0.3, -0.25) is 5.43 Å². The quantitative estimate of drug-likeness (QED) is 0.535. The number of anilines is 3. The molecule has 8 heteroatoms. The topological polar surface area (TPSA) is 85.0 Å². The minimum atomic E-state index is -0.561. The number of halogens is 1. The zero-order valence-corrected chi connectivity index (χ0v) is 16.5. The second-order valence-corrected chi connectivity index (χ2v) is 6.94. The summed E-state index contributed by atoms with van der Waals surface area (Å²) in [6.45, 7) is 7.35. The number of oxazole rings is 1. The van der Waals surface area contributed by atoms with Crippen molar-refractivity contribution in [2.24, 2.45) is 0 Å². The summed E-state index contributed by atoms with van der Waals surface area (Å²) in [5.41, 5.74) is 7.47. The fourth-order valence-corrected chi connectivity index (χ4v) is 3.06. The Kier molecular flexibility index (Phi) is 4.54. The first-order valence-corrected chi connectivity index (χ1v) is 9.09. The van der Waals surface area contributed by atoms with E-state index >= 15 is 0 Å².